The highest BCUT2D eigenvalue weighted by atomic mass is 14.0. The minimum Gasteiger partial charge on any atom is -0.0919 e. The highest BCUT2D eigenvalue weighted by Gasteiger charge is 1.94. The molecular weight excluding hydrogens is 228 g/mol. The first-order valence-corrected chi connectivity index (χ1v) is 6.97. The molecule has 0 saturated carbocycles. The van der Waals surface area contributed by atoms with Gasteiger partial charge in [0.25, 0.3) is 0 Å². The summed E-state index contributed by atoms with van der Waals surface area (Å²) in [5.74, 6) is 0. The van der Waals surface area contributed by atoms with Gasteiger partial charge in [0.15, 0.2) is 0 Å². The van der Waals surface area contributed by atoms with Crippen LogP contribution in [-0.2, 0) is 0 Å². The first kappa shape index (κ1) is 17.2. The molecule has 0 aliphatic heterocycles. The molecule has 0 atom stereocenters. The summed E-state index contributed by atoms with van der Waals surface area (Å²) in [6, 6.07) is 19.0. The zero-order valence-corrected chi connectivity index (χ0v) is 12.9. The van der Waals surface area contributed by atoms with E-state index in [0.29, 0.717) is 0 Å². The molecule has 102 valence electrons. The Balaban J connectivity index is 0.000000467. The predicted molar refractivity (Wildman–Crippen MR) is 88.5 cm³/mol. The fraction of sp³-hybridized carbons (Fsp3) is 0.263. The molecule has 19 heavy (non-hydrogen) atoms. The largest absolute Gasteiger partial charge is 0.0919 e. The van der Waals surface area contributed by atoms with E-state index in [1.165, 1.54) is 16.7 Å². The topological polar surface area (TPSA) is 0 Å². The Morgan fingerprint density at radius 1 is 0.684 bits per heavy atom. The molecular formula is C19H26. The summed E-state index contributed by atoms with van der Waals surface area (Å²) in [6.45, 7) is 10.1. The minimum atomic E-state index is 1.28. The molecule has 0 saturated heterocycles. The molecule has 0 bridgehead atoms. The van der Waals surface area contributed by atoms with Crippen molar-refractivity contribution in [1.29, 1.82) is 0 Å². The number of hydrogen-bond donors (Lipinski definition) is 0. The number of hydrogen-bond acceptors (Lipinski definition) is 0. The zero-order valence-electron chi connectivity index (χ0n) is 12.9. The van der Waals surface area contributed by atoms with E-state index in [-0.39, 0.29) is 0 Å². The summed E-state index contributed by atoms with van der Waals surface area (Å²) in [6.07, 6.45) is 4.00. The molecule has 0 N–H and O–H groups in total. The highest BCUT2D eigenvalue weighted by Crippen LogP contribution is 2.19. The molecule has 0 radical (unpaired) electrons. The molecule has 0 fully saturated rings. The molecule has 0 amide bonds. The van der Waals surface area contributed by atoms with Crippen LogP contribution in [0.5, 0.6) is 0 Å². The second kappa shape index (κ2) is 11.3. The molecule has 0 unspecified atom stereocenters. The van der Waals surface area contributed by atoms with Gasteiger partial charge in [0.05, 0.1) is 0 Å². The molecule has 0 spiro atoms. The van der Waals surface area contributed by atoms with Gasteiger partial charge in [-0.2, -0.15) is 0 Å². The average molecular weight is 254 g/mol. The Hall–Kier alpha value is -1.82. The predicted octanol–water partition coefficient (Wildman–Crippen LogP) is 6.27. The van der Waals surface area contributed by atoms with Crippen molar-refractivity contribution in [3.63, 3.8) is 0 Å². The zero-order chi connectivity index (χ0) is 14.5. The summed E-state index contributed by atoms with van der Waals surface area (Å²) < 4.78 is 0. The van der Waals surface area contributed by atoms with Gasteiger partial charge in [-0.15, -0.1) is 0 Å². The van der Waals surface area contributed by atoms with Gasteiger partial charge in [0, 0.05) is 0 Å². The maximum Gasteiger partial charge on any atom is -0.0181 e. The van der Waals surface area contributed by atoms with Crippen molar-refractivity contribution in [1.82, 2.24) is 0 Å². The van der Waals surface area contributed by atoms with Crippen molar-refractivity contribution in [2.45, 2.75) is 34.6 Å². The fourth-order valence-corrected chi connectivity index (χ4v) is 1.46. The highest BCUT2D eigenvalue weighted by molar-refractivity contribution is 5.63. The van der Waals surface area contributed by atoms with Crippen LogP contribution in [0.4, 0.5) is 0 Å². The molecule has 0 aliphatic rings. The van der Waals surface area contributed by atoms with E-state index in [9.17, 15) is 0 Å². The summed E-state index contributed by atoms with van der Waals surface area (Å²) >= 11 is 0. The Bertz CT molecular complexity index is 448. The molecule has 0 aliphatic carbocycles. The Labute approximate surface area is 118 Å². The molecule has 2 aromatic rings. The lowest BCUT2D eigenvalue weighted by Gasteiger charge is -2.01. The maximum atomic E-state index is 2.20. The summed E-state index contributed by atoms with van der Waals surface area (Å²) in [5.41, 5.74) is 3.88. The normalized spacial score (nSPS) is 9.11. The standard InChI is InChI=1S/C13H12.C4H8.C2H6/c1-11-6-5-9-13(10-11)12-7-3-2-4-8-12;1-3-4-2;1-2/h2-10H,1H3;3-4H,1-2H3;1-2H3/b;4-3-;. The second-order valence-corrected chi connectivity index (χ2v) is 3.90. The van der Waals surface area contributed by atoms with Crippen LogP contribution in [0.25, 0.3) is 11.1 Å². The molecule has 2 rings (SSSR count). The van der Waals surface area contributed by atoms with Gasteiger partial charge in [-0.1, -0.05) is 86.2 Å². The SMILES string of the molecule is C/C=C\C.CC.Cc1cccc(-c2ccccc2)c1. The molecule has 0 heterocycles. The molecule has 2 aromatic carbocycles. The van der Waals surface area contributed by atoms with Gasteiger partial charge in [-0.25, -0.2) is 0 Å². The third-order valence-electron chi connectivity index (χ3n) is 2.46. The first-order valence-electron chi connectivity index (χ1n) is 6.97. The molecule has 0 aromatic heterocycles. The van der Waals surface area contributed by atoms with Gasteiger partial charge >= 0.3 is 0 Å². The van der Waals surface area contributed by atoms with Crippen molar-refractivity contribution in [2.75, 3.05) is 0 Å². The summed E-state index contributed by atoms with van der Waals surface area (Å²) in [5, 5.41) is 0. The monoisotopic (exact) mass is 254 g/mol. The number of allylic oxidation sites excluding steroid dienone is 2. The lowest BCUT2D eigenvalue weighted by molar-refractivity contribution is 1.47. The average Bonchev–Trinajstić information content (AvgIpc) is 2.50. The Morgan fingerprint density at radius 2 is 1.21 bits per heavy atom. The van der Waals surface area contributed by atoms with Crippen LogP contribution < -0.4 is 0 Å². The van der Waals surface area contributed by atoms with Crippen LogP contribution in [0.3, 0.4) is 0 Å². The van der Waals surface area contributed by atoms with Crippen molar-refractivity contribution in [3.05, 3.63) is 72.3 Å². The van der Waals surface area contributed by atoms with E-state index in [0.717, 1.165) is 0 Å². The van der Waals surface area contributed by atoms with Crippen molar-refractivity contribution in [2.24, 2.45) is 0 Å². The van der Waals surface area contributed by atoms with Crippen molar-refractivity contribution >= 4 is 0 Å². The first-order chi connectivity index (χ1) is 9.27. The van der Waals surface area contributed by atoms with E-state index >= 15 is 0 Å². The number of rotatable bonds is 1. The quantitative estimate of drug-likeness (QED) is 0.526. The third-order valence-corrected chi connectivity index (χ3v) is 2.46. The van der Waals surface area contributed by atoms with Gasteiger partial charge < -0.3 is 0 Å². The van der Waals surface area contributed by atoms with Crippen LogP contribution in [0, 0.1) is 6.92 Å². The van der Waals surface area contributed by atoms with Crippen LogP contribution in [0.15, 0.2) is 66.7 Å². The van der Waals surface area contributed by atoms with Gasteiger partial charge in [-0.3, -0.25) is 0 Å². The van der Waals surface area contributed by atoms with Crippen LogP contribution >= 0.6 is 0 Å². The van der Waals surface area contributed by atoms with Crippen molar-refractivity contribution in [3.8, 4) is 11.1 Å². The van der Waals surface area contributed by atoms with Gasteiger partial charge in [0.1, 0.15) is 0 Å². The Kier molecular flexibility index (Phi) is 10.2. The third kappa shape index (κ3) is 7.25. The van der Waals surface area contributed by atoms with Crippen LogP contribution in [0.2, 0.25) is 0 Å². The fourth-order valence-electron chi connectivity index (χ4n) is 1.46. The lowest BCUT2D eigenvalue weighted by atomic mass is 10.0. The van der Waals surface area contributed by atoms with E-state index in [1.807, 2.05) is 45.9 Å². The van der Waals surface area contributed by atoms with E-state index in [4.69, 9.17) is 0 Å². The summed E-state index contributed by atoms with van der Waals surface area (Å²) in [4.78, 5) is 0. The number of aryl methyl sites for hydroxylation is 1. The van der Waals surface area contributed by atoms with Crippen LogP contribution in [-0.4, -0.2) is 0 Å². The van der Waals surface area contributed by atoms with Gasteiger partial charge in [-0.05, 0) is 31.9 Å². The van der Waals surface area contributed by atoms with Crippen molar-refractivity contribution < 1.29 is 0 Å². The van der Waals surface area contributed by atoms with Crippen LogP contribution in [0.1, 0.15) is 33.3 Å². The maximum absolute atomic E-state index is 2.20. The minimum absolute atomic E-state index is 1.28. The molecule has 0 nitrogen and oxygen atoms in total. The smallest absolute Gasteiger partial charge is 0.0181 e. The lowest BCUT2D eigenvalue weighted by Crippen LogP contribution is -1.77. The molecule has 0 heteroatoms. The van der Waals surface area contributed by atoms with E-state index in [1.54, 1.807) is 0 Å². The summed E-state index contributed by atoms with van der Waals surface area (Å²) in [7, 11) is 0. The Morgan fingerprint density at radius 3 is 1.68 bits per heavy atom. The number of benzene rings is 2. The van der Waals surface area contributed by atoms with Gasteiger partial charge in [0.2, 0.25) is 0 Å². The van der Waals surface area contributed by atoms with E-state index in [2.05, 4.69) is 55.5 Å². The van der Waals surface area contributed by atoms with E-state index < -0.39 is 0 Å². The second-order valence-electron chi connectivity index (χ2n) is 3.90.